The quantitative estimate of drug-likeness (QED) is 0.347. The Hall–Kier alpha value is -3.02. The Balaban J connectivity index is 1.45. The molecule has 0 aliphatic carbocycles. The van der Waals surface area contributed by atoms with Gasteiger partial charge in [-0.3, -0.25) is 9.36 Å². The van der Waals surface area contributed by atoms with Crippen LogP contribution in [0.25, 0.3) is 5.69 Å². The van der Waals surface area contributed by atoms with E-state index < -0.39 is 0 Å². The van der Waals surface area contributed by atoms with Crippen LogP contribution in [0.15, 0.2) is 101 Å². The van der Waals surface area contributed by atoms with Crippen molar-refractivity contribution in [1.82, 2.24) is 9.55 Å². The molecule has 3 aromatic carbocycles. The van der Waals surface area contributed by atoms with Gasteiger partial charge >= 0.3 is 0 Å². The minimum absolute atomic E-state index is 0.144. The molecule has 4 aromatic rings. The van der Waals surface area contributed by atoms with E-state index in [-0.39, 0.29) is 5.56 Å². The predicted molar refractivity (Wildman–Crippen MR) is 122 cm³/mol. The summed E-state index contributed by atoms with van der Waals surface area (Å²) in [5, 5.41) is 1.15. The van der Waals surface area contributed by atoms with Crippen molar-refractivity contribution in [1.29, 1.82) is 0 Å². The first kappa shape index (κ1) is 20.3. The first-order valence-corrected chi connectivity index (χ1v) is 10.8. The van der Waals surface area contributed by atoms with Crippen molar-refractivity contribution in [3.8, 4) is 11.4 Å². The average molecular weight is 435 g/mol. The minimum atomic E-state index is -0.144. The smallest absolute Gasteiger partial charge is 0.287 e. The third-order valence-electron chi connectivity index (χ3n) is 4.46. The van der Waals surface area contributed by atoms with Crippen molar-refractivity contribution in [2.45, 2.75) is 17.4 Å². The number of hydrogen-bond donors (Lipinski definition) is 0. The van der Waals surface area contributed by atoms with Crippen molar-refractivity contribution in [3.63, 3.8) is 0 Å². The average Bonchev–Trinajstić information content (AvgIpc) is 2.79. The molecule has 0 aliphatic rings. The molecule has 4 nitrogen and oxygen atoms in total. The van der Waals surface area contributed by atoms with E-state index in [0.717, 1.165) is 22.6 Å². The van der Waals surface area contributed by atoms with Crippen LogP contribution in [0, 0.1) is 0 Å². The lowest BCUT2D eigenvalue weighted by Crippen LogP contribution is -2.20. The molecule has 0 N–H and O–H groups in total. The topological polar surface area (TPSA) is 44.1 Å². The van der Waals surface area contributed by atoms with E-state index in [9.17, 15) is 4.79 Å². The van der Waals surface area contributed by atoms with E-state index in [1.807, 2.05) is 78.9 Å². The second kappa shape index (κ2) is 9.65. The largest absolute Gasteiger partial charge is 0.489 e. The molecule has 0 fully saturated rings. The molecule has 0 saturated heterocycles. The zero-order valence-electron chi connectivity index (χ0n) is 16.1. The van der Waals surface area contributed by atoms with Crippen molar-refractivity contribution in [3.05, 3.63) is 118 Å². The summed E-state index contributed by atoms with van der Waals surface area (Å²) in [6.45, 7) is 0.501. The fraction of sp³-hybridized carbons (Fsp3) is 0.0833. The van der Waals surface area contributed by atoms with Gasteiger partial charge in [-0.15, -0.1) is 0 Å². The van der Waals surface area contributed by atoms with Crippen molar-refractivity contribution in [2.24, 2.45) is 0 Å². The Morgan fingerprint density at radius 1 is 0.900 bits per heavy atom. The van der Waals surface area contributed by atoms with Gasteiger partial charge in [0.25, 0.3) is 5.56 Å². The summed E-state index contributed by atoms with van der Waals surface area (Å²) in [6.07, 6.45) is 3.32. The zero-order chi connectivity index (χ0) is 20.8. The van der Waals surface area contributed by atoms with Gasteiger partial charge in [0.05, 0.1) is 0 Å². The highest BCUT2D eigenvalue weighted by molar-refractivity contribution is 7.98. The van der Waals surface area contributed by atoms with Crippen LogP contribution in [-0.4, -0.2) is 9.55 Å². The van der Waals surface area contributed by atoms with Gasteiger partial charge < -0.3 is 4.74 Å². The number of nitrogens with zero attached hydrogens (tertiary/aromatic N) is 2. The van der Waals surface area contributed by atoms with Crippen LogP contribution in [0.4, 0.5) is 0 Å². The summed E-state index contributed by atoms with van der Waals surface area (Å²) < 4.78 is 7.41. The summed E-state index contributed by atoms with van der Waals surface area (Å²) in [6, 6.07) is 25.1. The molecule has 150 valence electrons. The molecule has 0 saturated carbocycles. The molecule has 0 bridgehead atoms. The molecule has 1 aromatic heterocycles. The zero-order valence-corrected chi connectivity index (χ0v) is 17.6. The van der Waals surface area contributed by atoms with Crippen LogP contribution in [0.2, 0.25) is 5.02 Å². The Morgan fingerprint density at radius 3 is 2.37 bits per heavy atom. The highest BCUT2D eigenvalue weighted by atomic mass is 35.5. The summed E-state index contributed by atoms with van der Waals surface area (Å²) in [5.74, 6) is 1.40. The van der Waals surface area contributed by atoms with Crippen LogP contribution in [-0.2, 0) is 12.4 Å². The van der Waals surface area contributed by atoms with Crippen LogP contribution in [0.1, 0.15) is 11.1 Å². The van der Waals surface area contributed by atoms with Crippen molar-refractivity contribution >= 4 is 23.4 Å². The molecule has 0 amide bonds. The molecular formula is C24H19ClN2O2S. The Kier molecular flexibility index (Phi) is 6.52. The lowest BCUT2D eigenvalue weighted by atomic mass is 10.2. The molecule has 6 heteroatoms. The van der Waals surface area contributed by atoms with E-state index in [1.54, 1.807) is 17.0 Å². The lowest BCUT2D eigenvalue weighted by molar-refractivity contribution is 0.306. The molecule has 0 radical (unpaired) electrons. The van der Waals surface area contributed by atoms with Crippen molar-refractivity contribution in [2.75, 3.05) is 0 Å². The molecule has 0 atom stereocenters. The molecule has 30 heavy (non-hydrogen) atoms. The maximum Gasteiger partial charge on any atom is 0.287 e. The SMILES string of the molecule is O=c1c(SCc2ccc(Cl)cc2)nccn1-c1ccc(OCc2ccccc2)cc1. The van der Waals surface area contributed by atoms with Crippen LogP contribution in [0.3, 0.4) is 0 Å². The highest BCUT2D eigenvalue weighted by Gasteiger charge is 2.08. The summed E-state index contributed by atoms with van der Waals surface area (Å²) in [4.78, 5) is 17.1. The number of rotatable bonds is 7. The fourth-order valence-electron chi connectivity index (χ4n) is 2.87. The second-order valence-electron chi connectivity index (χ2n) is 6.59. The van der Waals surface area contributed by atoms with Gasteiger partial charge in [0.1, 0.15) is 12.4 Å². The maximum absolute atomic E-state index is 12.9. The number of benzene rings is 3. The standard InChI is InChI=1S/C24H19ClN2O2S/c25-20-8-6-19(7-9-20)17-30-23-24(28)27(15-14-26-23)21-10-12-22(13-11-21)29-16-18-4-2-1-3-5-18/h1-15H,16-17H2. The first-order valence-electron chi connectivity index (χ1n) is 9.41. The summed E-state index contributed by atoms with van der Waals surface area (Å²) >= 11 is 7.33. The Labute approximate surface area is 184 Å². The van der Waals surface area contributed by atoms with E-state index >= 15 is 0 Å². The normalized spacial score (nSPS) is 10.7. The van der Waals surface area contributed by atoms with Crippen molar-refractivity contribution < 1.29 is 4.74 Å². The third kappa shape index (κ3) is 5.12. The van der Waals surface area contributed by atoms with Crippen LogP contribution in [0.5, 0.6) is 5.75 Å². The van der Waals surface area contributed by atoms with E-state index in [2.05, 4.69) is 4.98 Å². The number of halogens is 1. The first-order chi connectivity index (χ1) is 14.7. The Morgan fingerprint density at radius 2 is 1.63 bits per heavy atom. The van der Waals surface area contributed by atoms with Crippen LogP contribution >= 0.6 is 23.4 Å². The summed E-state index contributed by atoms with van der Waals surface area (Å²) in [7, 11) is 0. The molecular weight excluding hydrogens is 416 g/mol. The van der Waals surface area contributed by atoms with Gasteiger partial charge in [0.2, 0.25) is 0 Å². The van der Waals surface area contributed by atoms with E-state index in [4.69, 9.17) is 16.3 Å². The van der Waals surface area contributed by atoms with Gasteiger partial charge in [0.15, 0.2) is 5.03 Å². The lowest BCUT2D eigenvalue weighted by Gasteiger charge is -2.10. The van der Waals surface area contributed by atoms with Gasteiger partial charge in [-0.05, 0) is 47.5 Å². The van der Waals surface area contributed by atoms with Gasteiger partial charge in [-0.2, -0.15) is 0 Å². The number of aromatic nitrogens is 2. The van der Waals surface area contributed by atoms with Gasteiger partial charge in [0, 0.05) is 28.9 Å². The number of ether oxygens (including phenoxy) is 1. The van der Waals surface area contributed by atoms with Gasteiger partial charge in [-0.25, -0.2) is 4.98 Å². The number of thioether (sulfide) groups is 1. The van der Waals surface area contributed by atoms with Gasteiger partial charge in [-0.1, -0.05) is 65.8 Å². The third-order valence-corrected chi connectivity index (χ3v) is 5.74. The van der Waals surface area contributed by atoms with Crippen LogP contribution < -0.4 is 10.3 Å². The highest BCUT2D eigenvalue weighted by Crippen LogP contribution is 2.21. The predicted octanol–water partition coefficient (Wildman–Crippen LogP) is 5.76. The molecule has 0 aliphatic heterocycles. The molecule has 1 heterocycles. The fourth-order valence-corrected chi connectivity index (χ4v) is 3.85. The summed E-state index contributed by atoms with van der Waals surface area (Å²) in [5.41, 5.74) is 2.81. The maximum atomic E-state index is 12.9. The molecule has 0 spiro atoms. The molecule has 4 rings (SSSR count). The monoisotopic (exact) mass is 434 g/mol. The second-order valence-corrected chi connectivity index (χ2v) is 7.99. The molecule has 0 unspecified atom stereocenters. The van der Waals surface area contributed by atoms with E-state index in [0.29, 0.717) is 22.4 Å². The van der Waals surface area contributed by atoms with E-state index in [1.165, 1.54) is 11.8 Å². The minimum Gasteiger partial charge on any atom is -0.489 e. The Bertz CT molecular complexity index is 1160. The number of hydrogen-bond acceptors (Lipinski definition) is 4.